The molecule has 0 aromatic heterocycles. The minimum absolute atomic E-state index is 0.0717. The van der Waals surface area contributed by atoms with E-state index in [9.17, 15) is 4.79 Å². The van der Waals surface area contributed by atoms with Crippen LogP contribution in [-0.2, 0) is 4.79 Å². The summed E-state index contributed by atoms with van der Waals surface area (Å²) in [6.07, 6.45) is 1.61. The van der Waals surface area contributed by atoms with E-state index < -0.39 is 0 Å². The highest BCUT2D eigenvalue weighted by molar-refractivity contribution is 6.10. The van der Waals surface area contributed by atoms with Crippen LogP contribution in [0, 0.1) is 11.3 Å². The molecule has 0 fully saturated rings. The summed E-state index contributed by atoms with van der Waals surface area (Å²) in [6, 6.07) is 0.169. The van der Waals surface area contributed by atoms with E-state index in [2.05, 4.69) is 32.8 Å². The topological polar surface area (TPSA) is 58.7 Å². The Balaban J connectivity index is 3.01. The normalized spacial score (nSPS) is 22.9. The Morgan fingerprint density at radius 1 is 1.47 bits per heavy atom. The Bertz CT molecular complexity index is 317. The quantitative estimate of drug-likeness (QED) is 0.815. The third-order valence-corrected chi connectivity index (χ3v) is 3.30. The Hall–Kier alpha value is -0.900. The summed E-state index contributed by atoms with van der Waals surface area (Å²) < 4.78 is 0. The highest BCUT2D eigenvalue weighted by Gasteiger charge is 2.41. The third-order valence-electron chi connectivity index (χ3n) is 3.30. The van der Waals surface area contributed by atoms with Gasteiger partial charge >= 0.3 is 0 Å². The molecule has 98 valence electrons. The Morgan fingerprint density at radius 2 is 2.06 bits per heavy atom. The van der Waals surface area contributed by atoms with Gasteiger partial charge in [-0.25, -0.2) is 5.01 Å². The fourth-order valence-electron chi connectivity index (χ4n) is 2.10. The maximum absolute atomic E-state index is 12.3. The number of hydrogen-bond donors (Lipinski definition) is 1. The summed E-state index contributed by atoms with van der Waals surface area (Å²) in [5, 5.41) is 6.21. The summed E-state index contributed by atoms with van der Waals surface area (Å²) in [7, 11) is 0. The van der Waals surface area contributed by atoms with Gasteiger partial charge in [-0.15, -0.1) is 0 Å². The van der Waals surface area contributed by atoms with Crippen molar-refractivity contribution in [3.8, 4) is 0 Å². The SMILES string of the molecule is CCC(C)N1N=C(C(C)(C)C)C(CCN)C1=O. The molecule has 0 aliphatic carbocycles. The second kappa shape index (κ2) is 5.17. The summed E-state index contributed by atoms with van der Waals surface area (Å²) in [4.78, 5) is 12.3. The predicted molar refractivity (Wildman–Crippen MR) is 70.7 cm³/mol. The van der Waals surface area contributed by atoms with Crippen LogP contribution in [0.5, 0.6) is 0 Å². The molecule has 4 heteroatoms. The van der Waals surface area contributed by atoms with E-state index in [1.54, 1.807) is 5.01 Å². The molecule has 0 saturated carbocycles. The highest BCUT2D eigenvalue weighted by atomic mass is 16.2. The lowest BCUT2D eigenvalue weighted by Crippen LogP contribution is -2.36. The van der Waals surface area contributed by atoms with E-state index in [0.29, 0.717) is 13.0 Å². The average molecular weight is 239 g/mol. The maximum Gasteiger partial charge on any atom is 0.251 e. The Labute approximate surface area is 104 Å². The van der Waals surface area contributed by atoms with Gasteiger partial charge in [0.05, 0.1) is 17.7 Å². The monoisotopic (exact) mass is 239 g/mol. The van der Waals surface area contributed by atoms with Crippen molar-refractivity contribution in [3.63, 3.8) is 0 Å². The van der Waals surface area contributed by atoms with Crippen molar-refractivity contribution in [2.75, 3.05) is 6.54 Å². The molecule has 1 aliphatic rings. The van der Waals surface area contributed by atoms with Gasteiger partial charge in [-0.05, 0) is 26.3 Å². The van der Waals surface area contributed by atoms with Crippen molar-refractivity contribution in [3.05, 3.63) is 0 Å². The number of carbonyl (C=O) groups is 1. The van der Waals surface area contributed by atoms with Crippen molar-refractivity contribution in [1.82, 2.24) is 5.01 Å². The third kappa shape index (κ3) is 2.86. The first-order chi connectivity index (χ1) is 7.82. The molecule has 1 heterocycles. The molecule has 1 aliphatic heterocycles. The molecular weight excluding hydrogens is 214 g/mol. The lowest BCUT2D eigenvalue weighted by Gasteiger charge is -2.22. The molecule has 0 bridgehead atoms. The van der Waals surface area contributed by atoms with Gasteiger partial charge in [-0.3, -0.25) is 4.79 Å². The van der Waals surface area contributed by atoms with Gasteiger partial charge in [0, 0.05) is 5.41 Å². The molecule has 0 spiro atoms. The molecule has 0 aromatic rings. The molecule has 2 atom stereocenters. The Kier molecular flexibility index (Phi) is 4.31. The largest absolute Gasteiger partial charge is 0.330 e. The zero-order chi connectivity index (χ0) is 13.2. The lowest BCUT2D eigenvalue weighted by molar-refractivity contribution is -0.133. The van der Waals surface area contributed by atoms with Crippen LogP contribution in [-0.4, -0.2) is 29.2 Å². The van der Waals surface area contributed by atoms with Crippen LogP contribution in [0.3, 0.4) is 0 Å². The number of nitrogens with zero attached hydrogens (tertiary/aromatic N) is 2. The number of amides is 1. The van der Waals surface area contributed by atoms with Gasteiger partial charge in [0.15, 0.2) is 0 Å². The van der Waals surface area contributed by atoms with E-state index in [4.69, 9.17) is 5.73 Å². The van der Waals surface area contributed by atoms with Crippen molar-refractivity contribution >= 4 is 11.6 Å². The van der Waals surface area contributed by atoms with Crippen molar-refractivity contribution < 1.29 is 4.79 Å². The molecule has 17 heavy (non-hydrogen) atoms. The number of hydrazone groups is 1. The zero-order valence-corrected chi connectivity index (χ0v) is 11.7. The van der Waals surface area contributed by atoms with Crippen LogP contribution in [0.4, 0.5) is 0 Å². The minimum Gasteiger partial charge on any atom is -0.330 e. The molecule has 0 aromatic carbocycles. The fourth-order valence-corrected chi connectivity index (χ4v) is 2.10. The molecule has 0 saturated heterocycles. The van der Waals surface area contributed by atoms with Crippen LogP contribution < -0.4 is 5.73 Å². The zero-order valence-electron chi connectivity index (χ0n) is 11.7. The van der Waals surface area contributed by atoms with Gasteiger partial charge in [0.25, 0.3) is 5.91 Å². The fraction of sp³-hybridized carbons (Fsp3) is 0.846. The van der Waals surface area contributed by atoms with Gasteiger partial charge in [0.1, 0.15) is 0 Å². The molecular formula is C13H25N3O. The van der Waals surface area contributed by atoms with Crippen LogP contribution in [0.2, 0.25) is 0 Å². The molecule has 4 nitrogen and oxygen atoms in total. The highest BCUT2D eigenvalue weighted by Crippen LogP contribution is 2.31. The molecule has 1 rings (SSSR count). The van der Waals surface area contributed by atoms with Gasteiger partial charge in [-0.2, -0.15) is 5.10 Å². The van der Waals surface area contributed by atoms with Crippen LogP contribution in [0.1, 0.15) is 47.5 Å². The summed E-state index contributed by atoms with van der Waals surface area (Å²) in [5.41, 5.74) is 6.51. The van der Waals surface area contributed by atoms with E-state index in [0.717, 1.165) is 12.1 Å². The molecule has 2 N–H and O–H groups in total. The first-order valence-corrected chi connectivity index (χ1v) is 6.45. The second-order valence-electron chi connectivity index (χ2n) is 5.81. The van der Waals surface area contributed by atoms with Gasteiger partial charge < -0.3 is 5.73 Å². The maximum atomic E-state index is 12.3. The van der Waals surface area contributed by atoms with Gasteiger partial charge in [-0.1, -0.05) is 27.7 Å². The smallest absolute Gasteiger partial charge is 0.251 e. The first-order valence-electron chi connectivity index (χ1n) is 6.45. The number of carbonyl (C=O) groups excluding carboxylic acids is 1. The standard InChI is InChI=1S/C13H25N3O/c1-6-9(2)16-12(17)10(7-8-14)11(15-16)13(3,4)5/h9-10H,6-8,14H2,1-5H3. The summed E-state index contributed by atoms with van der Waals surface area (Å²) in [5.74, 6) is 0.00345. The van der Waals surface area contributed by atoms with E-state index in [1.807, 2.05) is 6.92 Å². The number of hydrogen-bond acceptors (Lipinski definition) is 3. The summed E-state index contributed by atoms with van der Waals surface area (Å²) >= 11 is 0. The molecule has 2 unspecified atom stereocenters. The van der Waals surface area contributed by atoms with Crippen molar-refractivity contribution in [2.45, 2.75) is 53.5 Å². The minimum atomic E-state index is -0.117. The summed E-state index contributed by atoms with van der Waals surface area (Å²) in [6.45, 7) is 10.9. The second-order valence-corrected chi connectivity index (χ2v) is 5.81. The van der Waals surface area contributed by atoms with E-state index in [1.165, 1.54) is 0 Å². The predicted octanol–water partition coefficient (Wildman–Crippen LogP) is 1.99. The molecule has 1 amide bonds. The first kappa shape index (κ1) is 14.2. The Morgan fingerprint density at radius 3 is 2.47 bits per heavy atom. The van der Waals surface area contributed by atoms with E-state index in [-0.39, 0.29) is 23.3 Å². The van der Waals surface area contributed by atoms with Crippen molar-refractivity contribution in [1.29, 1.82) is 0 Å². The van der Waals surface area contributed by atoms with Crippen molar-refractivity contribution in [2.24, 2.45) is 22.2 Å². The van der Waals surface area contributed by atoms with Crippen LogP contribution in [0.15, 0.2) is 5.10 Å². The van der Waals surface area contributed by atoms with Crippen LogP contribution in [0.25, 0.3) is 0 Å². The van der Waals surface area contributed by atoms with Crippen LogP contribution >= 0.6 is 0 Å². The lowest BCUT2D eigenvalue weighted by atomic mass is 9.81. The number of rotatable bonds is 4. The van der Waals surface area contributed by atoms with Gasteiger partial charge in [0.2, 0.25) is 0 Å². The average Bonchev–Trinajstić information content (AvgIpc) is 2.56. The number of nitrogens with two attached hydrogens (primary N) is 1. The van der Waals surface area contributed by atoms with E-state index >= 15 is 0 Å². The molecule has 0 radical (unpaired) electrons.